The maximum absolute atomic E-state index is 13.2. The minimum absolute atomic E-state index is 0.0189. The molecule has 0 saturated carbocycles. The standard InChI is InChI=1S/C21H22O3/c1-5-14-9-10-17-19(23)12(2)13(3)20(24)21(17,4)18(14)15-7-6-8-16(22)11-15/h5-9,11,17-18,22H,1,10H2,2-4H3. The molecule has 2 aliphatic carbocycles. The topological polar surface area (TPSA) is 54.4 Å². The highest BCUT2D eigenvalue weighted by atomic mass is 16.3. The Morgan fingerprint density at radius 3 is 2.58 bits per heavy atom. The van der Waals surface area contributed by atoms with Gasteiger partial charge in [-0.05, 0) is 54.7 Å². The number of benzene rings is 1. The summed E-state index contributed by atoms with van der Waals surface area (Å²) >= 11 is 0. The predicted molar refractivity (Wildman–Crippen MR) is 93.7 cm³/mol. The molecule has 0 aliphatic heterocycles. The highest BCUT2D eigenvalue weighted by Crippen LogP contribution is 2.55. The lowest BCUT2D eigenvalue weighted by atomic mass is 9.52. The lowest BCUT2D eigenvalue weighted by Crippen LogP contribution is -2.50. The van der Waals surface area contributed by atoms with Gasteiger partial charge in [0.2, 0.25) is 0 Å². The Bertz CT molecular complexity index is 812. The van der Waals surface area contributed by atoms with E-state index in [-0.39, 0.29) is 29.2 Å². The molecule has 0 aromatic heterocycles. The van der Waals surface area contributed by atoms with E-state index in [1.54, 1.807) is 38.1 Å². The quantitative estimate of drug-likeness (QED) is 0.892. The summed E-state index contributed by atoms with van der Waals surface area (Å²) in [6.07, 6.45) is 4.31. The Balaban J connectivity index is 2.27. The van der Waals surface area contributed by atoms with E-state index < -0.39 is 5.41 Å². The molecule has 2 aliphatic rings. The van der Waals surface area contributed by atoms with Gasteiger partial charge in [-0.2, -0.15) is 0 Å². The fraction of sp³-hybridized carbons (Fsp3) is 0.333. The van der Waals surface area contributed by atoms with Crippen LogP contribution in [0.15, 0.2) is 59.7 Å². The molecule has 0 heterocycles. The molecule has 0 fully saturated rings. The van der Waals surface area contributed by atoms with Gasteiger partial charge in [-0.1, -0.05) is 37.8 Å². The van der Waals surface area contributed by atoms with Gasteiger partial charge >= 0.3 is 0 Å². The average molecular weight is 322 g/mol. The van der Waals surface area contributed by atoms with E-state index in [0.29, 0.717) is 17.6 Å². The number of ketones is 2. The Kier molecular flexibility index (Phi) is 3.83. The summed E-state index contributed by atoms with van der Waals surface area (Å²) in [7, 11) is 0. The lowest BCUT2D eigenvalue weighted by molar-refractivity contribution is -0.138. The van der Waals surface area contributed by atoms with Gasteiger partial charge in [-0.3, -0.25) is 9.59 Å². The third-order valence-electron chi connectivity index (χ3n) is 5.76. The Hall–Kier alpha value is -2.42. The summed E-state index contributed by atoms with van der Waals surface area (Å²) in [6.45, 7) is 9.26. The van der Waals surface area contributed by atoms with E-state index in [1.165, 1.54) is 0 Å². The number of aromatic hydroxyl groups is 1. The van der Waals surface area contributed by atoms with Gasteiger partial charge in [-0.15, -0.1) is 0 Å². The fourth-order valence-electron chi connectivity index (χ4n) is 4.30. The maximum Gasteiger partial charge on any atom is 0.166 e. The minimum Gasteiger partial charge on any atom is -0.508 e. The van der Waals surface area contributed by atoms with E-state index in [2.05, 4.69) is 6.58 Å². The van der Waals surface area contributed by atoms with Crippen molar-refractivity contribution in [2.75, 3.05) is 0 Å². The van der Waals surface area contributed by atoms with E-state index in [0.717, 1.165) is 11.1 Å². The maximum atomic E-state index is 13.2. The number of allylic oxidation sites excluding steroid dienone is 5. The average Bonchev–Trinajstić information content (AvgIpc) is 2.57. The van der Waals surface area contributed by atoms with Crippen molar-refractivity contribution in [3.05, 3.63) is 65.3 Å². The summed E-state index contributed by atoms with van der Waals surface area (Å²) in [5, 5.41) is 9.89. The highest BCUT2D eigenvalue weighted by Gasteiger charge is 2.56. The zero-order valence-electron chi connectivity index (χ0n) is 14.3. The van der Waals surface area contributed by atoms with Gasteiger partial charge in [0.05, 0.1) is 5.41 Å². The van der Waals surface area contributed by atoms with Crippen molar-refractivity contribution in [2.24, 2.45) is 11.3 Å². The molecule has 0 saturated heterocycles. The zero-order chi connectivity index (χ0) is 17.6. The van der Waals surface area contributed by atoms with Gasteiger partial charge in [0.1, 0.15) is 5.75 Å². The summed E-state index contributed by atoms with van der Waals surface area (Å²) in [6, 6.07) is 6.94. The van der Waals surface area contributed by atoms with Gasteiger partial charge in [0, 0.05) is 11.8 Å². The molecule has 3 heteroatoms. The first-order valence-corrected chi connectivity index (χ1v) is 8.20. The molecule has 24 heavy (non-hydrogen) atoms. The van der Waals surface area contributed by atoms with Crippen LogP contribution in [0.2, 0.25) is 0 Å². The van der Waals surface area contributed by atoms with Crippen LogP contribution in [-0.2, 0) is 9.59 Å². The van der Waals surface area contributed by atoms with E-state index in [1.807, 2.05) is 19.1 Å². The van der Waals surface area contributed by atoms with E-state index >= 15 is 0 Å². The summed E-state index contributed by atoms with van der Waals surface area (Å²) in [5.74, 6) is -0.436. The highest BCUT2D eigenvalue weighted by molar-refractivity contribution is 6.15. The molecular weight excluding hydrogens is 300 g/mol. The van der Waals surface area contributed by atoms with Crippen LogP contribution in [0.4, 0.5) is 0 Å². The van der Waals surface area contributed by atoms with Gasteiger partial charge in [0.15, 0.2) is 11.6 Å². The molecule has 0 spiro atoms. The molecule has 124 valence electrons. The monoisotopic (exact) mass is 322 g/mol. The van der Waals surface area contributed by atoms with Gasteiger partial charge in [-0.25, -0.2) is 0 Å². The number of rotatable bonds is 2. The Labute approximate surface area is 142 Å². The molecule has 1 aromatic carbocycles. The lowest BCUT2D eigenvalue weighted by Gasteiger charge is -2.48. The molecule has 0 radical (unpaired) electrons. The summed E-state index contributed by atoms with van der Waals surface area (Å²) in [5.41, 5.74) is 2.05. The van der Waals surface area contributed by atoms with Gasteiger partial charge < -0.3 is 5.11 Å². The number of hydrogen-bond acceptors (Lipinski definition) is 3. The molecule has 3 rings (SSSR count). The Morgan fingerprint density at radius 2 is 1.96 bits per heavy atom. The van der Waals surface area contributed by atoms with Crippen LogP contribution >= 0.6 is 0 Å². The van der Waals surface area contributed by atoms with E-state index in [9.17, 15) is 14.7 Å². The van der Waals surface area contributed by atoms with Crippen molar-refractivity contribution in [2.45, 2.75) is 33.1 Å². The van der Waals surface area contributed by atoms with Crippen molar-refractivity contribution >= 4 is 11.6 Å². The SMILES string of the molecule is C=CC1=CCC2C(=O)C(C)=C(C)C(=O)C2(C)C1c1cccc(O)c1. The van der Waals surface area contributed by atoms with Crippen molar-refractivity contribution in [3.63, 3.8) is 0 Å². The number of carbonyl (C=O) groups excluding carboxylic acids is 2. The molecule has 0 amide bonds. The first-order chi connectivity index (χ1) is 11.3. The fourth-order valence-corrected chi connectivity index (χ4v) is 4.30. The van der Waals surface area contributed by atoms with Crippen LogP contribution in [0, 0.1) is 11.3 Å². The normalized spacial score (nSPS) is 30.0. The van der Waals surface area contributed by atoms with Gasteiger partial charge in [0.25, 0.3) is 0 Å². The first-order valence-electron chi connectivity index (χ1n) is 8.20. The van der Waals surface area contributed by atoms with Crippen molar-refractivity contribution in [1.29, 1.82) is 0 Å². The number of fused-ring (bicyclic) bond motifs is 1. The van der Waals surface area contributed by atoms with Crippen LogP contribution in [0.25, 0.3) is 0 Å². The second kappa shape index (κ2) is 5.59. The summed E-state index contributed by atoms with van der Waals surface area (Å²) in [4.78, 5) is 26.1. The smallest absolute Gasteiger partial charge is 0.166 e. The van der Waals surface area contributed by atoms with Crippen LogP contribution in [0.3, 0.4) is 0 Å². The number of phenolic OH excluding ortho intramolecular Hbond substituents is 1. The molecular formula is C21H22O3. The second-order valence-electron chi connectivity index (χ2n) is 6.95. The molecule has 1 aromatic rings. The second-order valence-corrected chi connectivity index (χ2v) is 6.95. The summed E-state index contributed by atoms with van der Waals surface area (Å²) < 4.78 is 0. The third kappa shape index (κ3) is 2.11. The molecule has 3 unspecified atom stereocenters. The zero-order valence-corrected chi connectivity index (χ0v) is 14.3. The van der Waals surface area contributed by atoms with Crippen LogP contribution in [-0.4, -0.2) is 16.7 Å². The number of Topliss-reactive ketones (excluding diaryl/α,β-unsaturated/α-hetero) is 2. The molecule has 3 nitrogen and oxygen atoms in total. The molecule has 1 N–H and O–H groups in total. The molecule has 0 bridgehead atoms. The first kappa shape index (κ1) is 16.4. The Morgan fingerprint density at radius 1 is 1.25 bits per heavy atom. The number of carbonyl (C=O) groups is 2. The largest absolute Gasteiger partial charge is 0.508 e. The molecule has 3 atom stereocenters. The number of phenols is 1. The van der Waals surface area contributed by atoms with Crippen molar-refractivity contribution in [1.82, 2.24) is 0 Å². The van der Waals surface area contributed by atoms with E-state index in [4.69, 9.17) is 0 Å². The van der Waals surface area contributed by atoms with Crippen LogP contribution in [0.1, 0.15) is 38.7 Å². The van der Waals surface area contributed by atoms with Crippen molar-refractivity contribution in [3.8, 4) is 5.75 Å². The third-order valence-corrected chi connectivity index (χ3v) is 5.76. The number of hydrogen-bond donors (Lipinski definition) is 1. The van der Waals surface area contributed by atoms with Crippen LogP contribution in [0.5, 0.6) is 5.75 Å². The predicted octanol–water partition coefficient (Wildman–Crippen LogP) is 4.10. The van der Waals surface area contributed by atoms with Crippen LogP contribution < -0.4 is 0 Å². The van der Waals surface area contributed by atoms with Crippen molar-refractivity contribution < 1.29 is 14.7 Å². The minimum atomic E-state index is -0.854.